The van der Waals surface area contributed by atoms with Crippen LogP contribution >= 0.6 is 0 Å². The van der Waals surface area contributed by atoms with Gasteiger partial charge in [0, 0.05) is 12.1 Å². The number of nitro benzene ring substituents is 2. The quantitative estimate of drug-likeness (QED) is 0.284. The first-order chi connectivity index (χ1) is 14.6. The maximum absolute atomic E-state index is 11.9. The van der Waals surface area contributed by atoms with Crippen LogP contribution in [0, 0.1) is 20.2 Å². The molecule has 0 unspecified atom stereocenters. The van der Waals surface area contributed by atoms with Crippen molar-refractivity contribution in [3.8, 4) is 33.4 Å². The van der Waals surface area contributed by atoms with Gasteiger partial charge in [-0.3, -0.25) is 20.2 Å². The summed E-state index contributed by atoms with van der Waals surface area (Å²) in [5, 5.41) is 23.9. The Bertz CT molecular complexity index is 1140. The van der Waals surface area contributed by atoms with Gasteiger partial charge in [-0.05, 0) is 22.3 Å². The van der Waals surface area contributed by atoms with E-state index in [0.29, 0.717) is 11.1 Å². The lowest BCUT2D eigenvalue weighted by atomic mass is 9.87. The van der Waals surface area contributed by atoms with E-state index < -0.39 is 9.85 Å². The van der Waals surface area contributed by atoms with E-state index in [1.165, 1.54) is 12.1 Å². The van der Waals surface area contributed by atoms with E-state index in [2.05, 4.69) is 0 Å². The Morgan fingerprint density at radius 1 is 0.467 bits per heavy atom. The van der Waals surface area contributed by atoms with E-state index in [1.54, 1.807) is 24.3 Å². The van der Waals surface area contributed by atoms with Crippen molar-refractivity contribution >= 4 is 11.4 Å². The highest BCUT2D eigenvalue weighted by Crippen LogP contribution is 2.47. The number of hydrogen-bond acceptors (Lipinski definition) is 4. The Labute approximate surface area is 172 Å². The molecule has 0 aliphatic rings. The van der Waals surface area contributed by atoms with E-state index in [-0.39, 0.29) is 22.5 Å². The van der Waals surface area contributed by atoms with Gasteiger partial charge in [0.1, 0.15) is 0 Å². The van der Waals surface area contributed by atoms with E-state index in [4.69, 9.17) is 0 Å². The number of hydrogen-bond donors (Lipinski definition) is 0. The van der Waals surface area contributed by atoms with Crippen LogP contribution in [0.3, 0.4) is 0 Å². The minimum atomic E-state index is -0.493. The van der Waals surface area contributed by atoms with E-state index in [0.717, 1.165) is 11.1 Å². The first-order valence-electron chi connectivity index (χ1n) is 9.24. The summed E-state index contributed by atoms with van der Waals surface area (Å²) in [6, 6.07) is 27.8. The molecule has 0 spiro atoms. The third kappa shape index (κ3) is 3.42. The Hall–Kier alpha value is -4.32. The van der Waals surface area contributed by atoms with Crippen molar-refractivity contribution < 1.29 is 9.85 Å². The molecule has 0 N–H and O–H groups in total. The third-order valence-corrected chi connectivity index (χ3v) is 4.90. The van der Waals surface area contributed by atoms with Crippen LogP contribution in [0.4, 0.5) is 11.4 Å². The molecule has 4 aromatic carbocycles. The number of rotatable bonds is 5. The van der Waals surface area contributed by atoms with Gasteiger partial charge in [-0.2, -0.15) is 0 Å². The molecule has 0 aliphatic carbocycles. The summed E-state index contributed by atoms with van der Waals surface area (Å²) in [7, 11) is 0. The molecule has 0 saturated carbocycles. The Morgan fingerprint density at radius 2 is 0.833 bits per heavy atom. The normalized spacial score (nSPS) is 10.5. The number of nitrogens with zero attached hydrogens (tertiary/aromatic N) is 2. The highest BCUT2D eigenvalue weighted by molar-refractivity contribution is 5.99. The van der Waals surface area contributed by atoms with Gasteiger partial charge in [-0.25, -0.2) is 0 Å². The molecular weight excluding hydrogens is 380 g/mol. The maximum atomic E-state index is 11.9. The topological polar surface area (TPSA) is 86.3 Å². The molecule has 30 heavy (non-hydrogen) atoms. The lowest BCUT2D eigenvalue weighted by Gasteiger charge is -2.15. The molecule has 0 heterocycles. The second-order valence-corrected chi connectivity index (χ2v) is 6.65. The maximum Gasteiger partial charge on any atom is 0.278 e. The molecule has 0 fully saturated rings. The number of nitro groups is 2. The molecule has 6 heteroatoms. The highest BCUT2D eigenvalue weighted by Gasteiger charge is 2.29. The molecular formula is C24H16N2O4. The first-order valence-corrected chi connectivity index (χ1v) is 9.24. The lowest BCUT2D eigenvalue weighted by Crippen LogP contribution is -2.00. The van der Waals surface area contributed by atoms with Crippen LogP contribution in [0.1, 0.15) is 0 Å². The van der Waals surface area contributed by atoms with Crippen LogP contribution in [0.15, 0.2) is 97.1 Å². The van der Waals surface area contributed by atoms with Gasteiger partial charge in [0.25, 0.3) is 11.4 Å². The van der Waals surface area contributed by atoms with Gasteiger partial charge >= 0.3 is 0 Å². The largest absolute Gasteiger partial charge is 0.278 e. The van der Waals surface area contributed by atoms with Crippen molar-refractivity contribution in [1.82, 2.24) is 0 Å². The molecule has 4 aromatic rings. The summed E-state index contributed by atoms with van der Waals surface area (Å²) < 4.78 is 0. The van der Waals surface area contributed by atoms with Gasteiger partial charge in [0.15, 0.2) is 0 Å². The summed E-state index contributed by atoms with van der Waals surface area (Å²) in [6.07, 6.45) is 0. The summed E-state index contributed by atoms with van der Waals surface area (Å²) in [5.41, 5.74) is 2.74. The monoisotopic (exact) mass is 396 g/mol. The van der Waals surface area contributed by atoms with Crippen LogP contribution in [-0.4, -0.2) is 9.85 Å². The van der Waals surface area contributed by atoms with E-state index in [1.807, 2.05) is 60.7 Å². The summed E-state index contributed by atoms with van der Waals surface area (Å²) in [5.74, 6) is 0. The Balaban J connectivity index is 2.16. The lowest BCUT2D eigenvalue weighted by molar-refractivity contribution is -0.386. The molecule has 0 atom stereocenters. The van der Waals surface area contributed by atoms with Crippen molar-refractivity contribution in [1.29, 1.82) is 0 Å². The van der Waals surface area contributed by atoms with Crippen molar-refractivity contribution in [2.45, 2.75) is 0 Å². The number of benzene rings is 4. The van der Waals surface area contributed by atoms with E-state index in [9.17, 15) is 20.2 Å². The zero-order chi connectivity index (χ0) is 21.1. The third-order valence-electron chi connectivity index (χ3n) is 4.90. The van der Waals surface area contributed by atoms with Crippen LogP contribution in [0.2, 0.25) is 0 Å². The van der Waals surface area contributed by atoms with Gasteiger partial charge in [0.2, 0.25) is 0 Å². The first kappa shape index (κ1) is 19.0. The predicted octanol–water partition coefficient (Wildman–Crippen LogP) is 6.50. The fourth-order valence-corrected chi connectivity index (χ4v) is 3.63. The molecule has 0 aromatic heterocycles. The summed E-state index contributed by atoms with van der Waals surface area (Å²) in [6.45, 7) is 0. The molecule has 0 bridgehead atoms. The standard InChI is InChI=1S/C24H16N2O4/c27-25(28)21-15-7-13-19(17-9-3-1-4-10-17)23(21)24-20(18-11-5-2-6-12-18)14-8-16-22(24)26(29)30/h1-16H. The molecule has 0 saturated heterocycles. The highest BCUT2D eigenvalue weighted by atomic mass is 16.6. The van der Waals surface area contributed by atoms with Gasteiger partial charge < -0.3 is 0 Å². The predicted molar refractivity (Wildman–Crippen MR) is 116 cm³/mol. The molecule has 6 nitrogen and oxygen atoms in total. The van der Waals surface area contributed by atoms with Crippen molar-refractivity contribution in [2.75, 3.05) is 0 Å². The van der Waals surface area contributed by atoms with Crippen molar-refractivity contribution in [3.63, 3.8) is 0 Å². The van der Waals surface area contributed by atoms with Gasteiger partial charge in [-0.15, -0.1) is 0 Å². The van der Waals surface area contributed by atoms with Gasteiger partial charge in [-0.1, -0.05) is 84.9 Å². The average Bonchev–Trinajstić information content (AvgIpc) is 2.79. The molecule has 146 valence electrons. The van der Waals surface area contributed by atoms with Crippen LogP contribution in [-0.2, 0) is 0 Å². The molecule has 0 aliphatic heterocycles. The fraction of sp³-hybridized carbons (Fsp3) is 0. The second kappa shape index (κ2) is 7.97. The van der Waals surface area contributed by atoms with Crippen molar-refractivity contribution in [2.24, 2.45) is 0 Å². The fourth-order valence-electron chi connectivity index (χ4n) is 3.63. The average molecular weight is 396 g/mol. The molecule has 4 rings (SSSR count). The van der Waals surface area contributed by atoms with Crippen LogP contribution < -0.4 is 0 Å². The smallest absolute Gasteiger partial charge is 0.258 e. The molecule has 0 radical (unpaired) electrons. The van der Waals surface area contributed by atoms with Crippen molar-refractivity contribution in [3.05, 3.63) is 117 Å². The second-order valence-electron chi connectivity index (χ2n) is 6.65. The van der Waals surface area contributed by atoms with E-state index >= 15 is 0 Å². The Morgan fingerprint density at radius 3 is 1.17 bits per heavy atom. The summed E-state index contributed by atoms with van der Waals surface area (Å²) >= 11 is 0. The Kier molecular flexibility index (Phi) is 5.05. The zero-order valence-corrected chi connectivity index (χ0v) is 15.8. The van der Waals surface area contributed by atoms with Crippen LogP contribution in [0.25, 0.3) is 33.4 Å². The summed E-state index contributed by atoms with van der Waals surface area (Å²) in [4.78, 5) is 22.9. The van der Waals surface area contributed by atoms with Gasteiger partial charge in [0.05, 0.1) is 21.0 Å². The zero-order valence-electron chi connectivity index (χ0n) is 15.8. The molecule has 0 amide bonds. The minimum Gasteiger partial charge on any atom is -0.258 e. The van der Waals surface area contributed by atoms with Crippen LogP contribution in [0.5, 0.6) is 0 Å². The SMILES string of the molecule is O=[N+]([O-])c1cccc(-c2ccccc2)c1-c1c(-c2ccccc2)cccc1[N+](=O)[O-]. The minimum absolute atomic E-state index is 0.178.